The molecule has 1 rings (SSSR count). The zero-order chi connectivity index (χ0) is 15.4. The molecule has 0 fully saturated rings. The minimum atomic E-state index is -0.118. The lowest BCUT2D eigenvalue weighted by molar-refractivity contribution is 0.0598. The van der Waals surface area contributed by atoms with Crippen LogP contribution in [0.1, 0.15) is 50.9 Å². The van der Waals surface area contributed by atoms with E-state index in [-0.39, 0.29) is 23.0 Å². The van der Waals surface area contributed by atoms with E-state index in [1.54, 1.807) is 12.1 Å². The van der Waals surface area contributed by atoms with Gasteiger partial charge in [-0.05, 0) is 38.8 Å². The molecule has 0 aromatic heterocycles. The zero-order valence-corrected chi connectivity index (χ0v) is 13.9. The Balaban J connectivity index is 3.25. The standard InChI is InChI=1S/C15H22Cl2N2O/c1-5-9(3)19(10(4)6-2)15(20)12-7-11(16)8-13(18)14(12)17/h7-10H,5-6,18H2,1-4H3. The van der Waals surface area contributed by atoms with E-state index in [9.17, 15) is 4.79 Å². The van der Waals surface area contributed by atoms with Crippen molar-refractivity contribution >= 4 is 34.8 Å². The third-order valence-corrected chi connectivity index (χ3v) is 4.30. The Morgan fingerprint density at radius 1 is 1.20 bits per heavy atom. The van der Waals surface area contributed by atoms with Gasteiger partial charge in [-0.2, -0.15) is 0 Å². The summed E-state index contributed by atoms with van der Waals surface area (Å²) in [6.07, 6.45) is 1.76. The Labute approximate surface area is 131 Å². The molecule has 0 aliphatic heterocycles. The SMILES string of the molecule is CCC(C)N(C(=O)c1cc(Cl)cc(N)c1Cl)C(C)CC. The summed E-state index contributed by atoms with van der Waals surface area (Å²) >= 11 is 12.2. The van der Waals surface area contributed by atoms with Gasteiger partial charge in [-0.1, -0.05) is 37.0 Å². The van der Waals surface area contributed by atoms with Crippen LogP contribution >= 0.6 is 23.2 Å². The summed E-state index contributed by atoms with van der Waals surface area (Å²) in [5, 5.41) is 0.694. The number of rotatable bonds is 5. The van der Waals surface area contributed by atoms with Crippen molar-refractivity contribution in [3.8, 4) is 0 Å². The van der Waals surface area contributed by atoms with Gasteiger partial charge in [0.25, 0.3) is 5.91 Å². The number of nitrogens with zero attached hydrogens (tertiary/aromatic N) is 1. The van der Waals surface area contributed by atoms with Crippen LogP contribution in [0.15, 0.2) is 12.1 Å². The average Bonchev–Trinajstić information content (AvgIpc) is 2.42. The molecule has 0 aliphatic rings. The van der Waals surface area contributed by atoms with E-state index < -0.39 is 0 Å². The number of hydrogen-bond donors (Lipinski definition) is 1. The molecule has 1 aromatic rings. The maximum absolute atomic E-state index is 12.8. The molecular formula is C15H22Cl2N2O. The van der Waals surface area contributed by atoms with Crippen LogP contribution in [0.3, 0.4) is 0 Å². The van der Waals surface area contributed by atoms with Crippen LogP contribution in [0.2, 0.25) is 10.0 Å². The van der Waals surface area contributed by atoms with Crippen molar-refractivity contribution in [3.05, 3.63) is 27.7 Å². The molecule has 1 aromatic carbocycles. The predicted molar refractivity (Wildman–Crippen MR) is 86.5 cm³/mol. The van der Waals surface area contributed by atoms with Gasteiger partial charge in [-0.3, -0.25) is 4.79 Å². The van der Waals surface area contributed by atoms with Crippen LogP contribution in [0.25, 0.3) is 0 Å². The fraction of sp³-hybridized carbons (Fsp3) is 0.533. The van der Waals surface area contributed by atoms with Gasteiger partial charge < -0.3 is 10.6 Å². The topological polar surface area (TPSA) is 46.3 Å². The third-order valence-electron chi connectivity index (χ3n) is 3.66. The third kappa shape index (κ3) is 3.58. The van der Waals surface area contributed by atoms with Crippen LogP contribution in [-0.4, -0.2) is 22.9 Å². The number of benzene rings is 1. The molecule has 5 heteroatoms. The first kappa shape index (κ1) is 17.1. The average molecular weight is 317 g/mol. The van der Waals surface area contributed by atoms with E-state index in [0.717, 1.165) is 12.8 Å². The van der Waals surface area contributed by atoms with Gasteiger partial charge >= 0.3 is 0 Å². The summed E-state index contributed by atoms with van der Waals surface area (Å²) < 4.78 is 0. The number of halogens is 2. The van der Waals surface area contributed by atoms with E-state index in [1.165, 1.54) is 0 Å². The fourth-order valence-electron chi connectivity index (χ4n) is 2.13. The number of nitrogens with two attached hydrogens (primary N) is 1. The molecule has 2 N–H and O–H groups in total. The van der Waals surface area contributed by atoms with E-state index in [4.69, 9.17) is 28.9 Å². The van der Waals surface area contributed by atoms with Gasteiger partial charge in [-0.25, -0.2) is 0 Å². The van der Waals surface area contributed by atoms with Crippen molar-refractivity contribution in [2.24, 2.45) is 0 Å². The fourth-order valence-corrected chi connectivity index (χ4v) is 2.55. The normalized spacial score (nSPS) is 13.9. The smallest absolute Gasteiger partial charge is 0.255 e. The van der Waals surface area contributed by atoms with Crippen molar-refractivity contribution < 1.29 is 4.79 Å². The Morgan fingerprint density at radius 2 is 1.70 bits per heavy atom. The van der Waals surface area contributed by atoms with Crippen LogP contribution in [0.5, 0.6) is 0 Å². The monoisotopic (exact) mass is 316 g/mol. The Bertz CT molecular complexity index is 481. The highest BCUT2D eigenvalue weighted by Crippen LogP contribution is 2.30. The lowest BCUT2D eigenvalue weighted by Crippen LogP contribution is -2.44. The zero-order valence-electron chi connectivity index (χ0n) is 12.4. The van der Waals surface area contributed by atoms with Crippen LogP contribution in [0, 0.1) is 0 Å². The maximum atomic E-state index is 12.8. The second-order valence-corrected chi connectivity index (χ2v) is 5.90. The molecule has 0 heterocycles. The molecule has 1 amide bonds. The summed E-state index contributed by atoms with van der Waals surface area (Å²) in [6.45, 7) is 8.18. The number of anilines is 1. The molecular weight excluding hydrogens is 295 g/mol. The Morgan fingerprint density at radius 3 is 2.15 bits per heavy atom. The van der Waals surface area contributed by atoms with Crippen molar-refractivity contribution in [2.75, 3.05) is 5.73 Å². The first-order valence-electron chi connectivity index (χ1n) is 6.90. The van der Waals surface area contributed by atoms with Gasteiger partial charge in [-0.15, -0.1) is 0 Å². The molecule has 0 spiro atoms. The molecule has 3 nitrogen and oxygen atoms in total. The Hall–Kier alpha value is -0.930. The minimum Gasteiger partial charge on any atom is -0.397 e. The molecule has 2 atom stereocenters. The predicted octanol–water partition coefficient (Wildman–Crippen LogP) is 4.61. The van der Waals surface area contributed by atoms with E-state index in [2.05, 4.69) is 13.8 Å². The minimum absolute atomic E-state index is 0.118. The molecule has 0 bridgehead atoms. The largest absolute Gasteiger partial charge is 0.397 e. The quantitative estimate of drug-likeness (QED) is 0.806. The van der Waals surface area contributed by atoms with Crippen molar-refractivity contribution in [1.82, 2.24) is 4.90 Å². The molecule has 0 saturated heterocycles. The van der Waals surface area contributed by atoms with Crippen LogP contribution < -0.4 is 5.73 Å². The first-order chi connectivity index (χ1) is 9.33. The van der Waals surface area contributed by atoms with Crippen molar-refractivity contribution in [2.45, 2.75) is 52.6 Å². The molecule has 0 saturated carbocycles. The molecule has 0 aliphatic carbocycles. The van der Waals surface area contributed by atoms with Gasteiger partial charge in [0.05, 0.1) is 16.3 Å². The van der Waals surface area contributed by atoms with Crippen molar-refractivity contribution in [1.29, 1.82) is 0 Å². The summed E-state index contributed by atoms with van der Waals surface area (Å²) in [6, 6.07) is 3.40. The van der Waals surface area contributed by atoms with E-state index >= 15 is 0 Å². The lowest BCUT2D eigenvalue weighted by Gasteiger charge is -2.34. The summed E-state index contributed by atoms with van der Waals surface area (Å²) in [5.41, 5.74) is 6.49. The molecule has 0 radical (unpaired) electrons. The van der Waals surface area contributed by atoms with Gasteiger partial charge in [0.15, 0.2) is 0 Å². The highest BCUT2D eigenvalue weighted by Gasteiger charge is 2.27. The number of nitrogen functional groups attached to an aromatic ring is 1. The van der Waals surface area contributed by atoms with Crippen LogP contribution in [0.4, 0.5) is 5.69 Å². The van der Waals surface area contributed by atoms with E-state index in [0.29, 0.717) is 16.3 Å². The van der Waals surface area contributed by atoms with E-state index in [1.807, 2.05) is 18.7 Å². The maximum Gasteiger partial charge on any atom is 0.255 e. The highest BCUT2D eigenvalue weighted by molar-refractivity contribution is 6.38. The molecule has 112 valence electrons. The summed E-state index contributed by atoms with van der Waals surface area (Å²) in [4.78, 5) is 14.7. The molecule has 2 unspecified atom stereocenters. The second kappa shape index (κ2) is 7.19. The number of carbonyl (C=O) groups excluding carboxylic acids is 1. The summed E-state index contributed by atoms with van der Waals surface area (Å²) in [7, 11) is 0. The number of carbonyl (C=O) groups is 1. The Kier molecular flexibility index (Phi) is 6.15. The number of hydrogen-bond acceptors (Lipinski definition) is 2. The van der Waals surface area contributed by atoms with Crippen molar-refractivity contribution in [3.63, 3.8) is 0 Å². The summed E-state index contributed by atoms with van der Waals surface area (Å²) in [5.74, 6) is -0.118. The van der Waals surface area contributed by atoms with Gasteiger partial charge in [0.2, 0.25) is 0 Å². The highest BCUT2D eigenvalue weighted by atomic mass is 35.5. The lowest BCUT2D eigenvalue weighted by atomic mass is 10.1. The first-order valence-corrected chi connectivity index (χ1v) is 7.66. The van der Waals surface area contributed by atoms with Gasteiger partial charge in [0.1, 0.15) is 0 Å². The molecule has 20 heavy (non-hydrogen) atoms. The second-order valence-electron chi connectivity index (χ2n) is 5.08. The van der Waals surface area contributed by atoms with Crippen LogP contribution in [-0.2, 0) is 0 Å². The number of amides is 1. The van der Waals surface area contributed by atoms with Gasteiger partial charge in [0, 0.05) is 17.1 Å².